The third kappa shape index (κ3) is 5.48. The van der Waals surface area contributed by atoms with Gasteiger partial charge in [-0.3, -0.25) is 15.4 Å². The predicted molar refractivity (Wildman–Crippen MR) is 98.5 cm³/mol. The first-order chi connectivity index (χ1) is 12.8. The summed E-state index contributed by atoms with van der Waals surface area (Å²) in [6, 6.07) is 5.60. The molecular formula is C18H24N4O6. The van der Waals surface area contributed by atoms with E-state index in [1.807, 2.05) is 0 Å². The summed E-state index contributed by atoms with van der Waals surface area (Å²) in [5.74, 6) is -0.786. The van der Waals surface area contributed by atoms with E-state index in [1.165, 1.54) is 24.3 Å². The fourth-order valence-electron chi connectivity index (χ4n) is 2.61. The number of esters is 1. The van der Waals surface area contributed by atoms with E-state index in [9.17, 15) is 19.7 Å². The summed E-state index contributed by atoms with van der Waals surface area (Å²) >= 11 is 0. The van der Waals surface area contributed by atoms with Crippen LogP contribution in [0.2, 0.25) is 0 Å². The van der Waals surface area contributed by atoms with Gasteiger partial charge in [0.25, 0.3) is 11.4 Å². The smallest absolute Gasteiger partial charge is 0.410 e. The lowest BCUT2D eigenvalue weighted by molar-refractivity contribution is -0.384. The number of nitrogens with zero attached hydrogens (tertiary/aromatic N) is 3. The Hall–Kier alpha value is -3.04. The topological polar surface area (TPSA) is 132 Å². The second kappa shape index (κ2) is 7.53. The Balaban J connectivity index is 2.10. The number of hydrogen-bond acceptors (Lipinski definition) is 8. The van der Waals surface area contributed by atoms with E-state index in [2.05, 4.69) is 15.5 Å². The second-order valence-corrected chi connectivity index (χ2v) is 8.18. The summed E-state index contributed by atoms with van der Waals surface area (Å²) in [4.78, 5) is 35.1. The molecule has 1 aromatic rings. The van der Waals surface area contributed by atoms with Crippen LogP contribution in [-0.2, 0) is 20.9 Å². The van der Waals surface area contributed by atoms with Gasteiger partial charge in [-0.05, 0) is 52.3 Å². The van der Waals surface area contributed by atoms with Crippen molar-refractivity contribution in [3.05, 3.63) is 39.9 Å². The van der Waals surface area contributed by atoms with Crippen molar-refractivity contribution in [1.82, 2.24) is 5.32 Å². The highest BCUT2D eigenvalue weighted by atomic mass is 16.6. The molecule has 10 nitrogen and oxygen atoms in total. The molecule has 0 unspecified atom stereocenters. The maximum atomic E-state index is 12.8. The SMILES string of the molecule is CC1(C)C[C@](NC(=O)OC(C)(C)C)(C(=O)OCc2ccc([N+](=O)[O-])cc2)N=N1. The first-order valence-corrected chi connectivity index (χ1v) is 8.68. The highest BCUT2D eigenvalue weighted by Crippen LogP contribution is 2.34. The van der Waals surface area contributed by atoms with Crippen LogP contribution in [0.1, 0.15) is 46.6 Å². The normalized spacial score (nSPS) is 20.5. The number of nitro groups is 1. The quantitative estimate of drug-likeness (QED) is 0.463. The van der Waals surface area contributed by atoms with Gasteiger partial charge in [-0.1, -0.05) is 0 Å². The first kappa shape index (κ1) is 21.3. The molecule has 0 radical (unpaired) electrons. The average molecular weight is 392 g/mol. The number of azo groups is 1. The molecule has 10 heteroatoms. The Bertz CT molecular complexity index is 797. The second-order valence-electron chi connectivity index (χ2n) is 8.18. The number of alkyl carbamates (subject to hydrolysis) is 1. The molecule has 1 atom stereocenters. The van der Waals surface area contributed by atoms with Gasteiger partial charge in [-0.2, -0.15) is 10.2 Å². The summed E-state index contributed by atoms with van der Waals surface area (Å²) in [7, 11) is 0. The maximum absolute atomic E-state index is 12.8. The van der Waals surface area contributed by atoms with Gasteiger partial charge in [-0.15, -0.1) is 0 Å². The van der Waals surface area contributed by atoms with Crippen molar-refractivity contribution in [3.63, 3.8) is 0 Å². The lowest BCUT2D eigenvalue weighted by Gasteiger charge is -2.28. The van der Waals surface area contributed by atoms with Gasteiger partial charge in [0, 0.05) is 18.6 Å². The highest BCUT2D eigenvalue weighted by Gasteiger charge is 2.51. The van der Waals surface area contributed by atoms with Crippen LogP contribution in [-0.4, -0.2) is 33.8 Å². The predicted octanol–water partition coefficient (Wildman–Crippen LogP) is 3.49. The molecule has 1 N–H and O–H groups in total. The summed E-state index contributed by atoms with van der Waals surface area (Å²) in [6.45, 7) is 8.52. The van der Waals surface area contributed by atoms with Gasteiger partial charge in [0.05, 0.1) is 10.5 Å². The molecule has 0 aromatic heterocycles. The van der Waals surface area contributed by atoms with E-state index in [4.69, 9.17) is 9.47 Å². The number of non-ortho nitro benzene ring substituents is 1. The molecule has 0 aliphatic carbocycles. The van der Waals surface area contributed by atoms with Crippen LogP contribution in [0.4, 0.5) is 10.5 Å². The minimum atomic E-state index is -1.69. The number of nitrogens with one attached hydrogen (secondary N) is 1. The lowest BCUT2D eigenvalue weighted by atomic mass is 9.94. The number of carbonyl (C=O) groups excluding carboxylic acids is 2. The molecule has 1 aliphatic rings. The maximum Gasteiger partial charge on any atom is 0.410 e. The van der Waals surface area contributed by atoms with Crippen LogP contribution >= 0.6 is 0 Å². The van der Waals surface area contributed by atoms with E-state index >= 15 is 0 Å². The highest BCUT2D eigenvalue weighted by molar-refractivity contribution is 5.86. The molecule has 0 saturated heterocycles. The van der Waals surface area contributed by atoms with Gasteiger partial charge < -0.3 is 9.47 Å². The molecule has 1 aliphatic heterocycles. The van der Waals surface area contributed by atoms with Crippen LogP contribution < -0.4 is 5.32 Å². The zero-order chi connectivity index (χ0) is 21.2. The van der Waals surface area contributed by atoms with E-state index < -0.39 is 33.8 Å². The number of ether oxygens (including phenoxy) is 2. The molecule has 1 aromatic carbocycles. The van der Waals surface area contributed by atoms with E-state index in [0.717, 1.165) is 0 Å². The third-order valence-corrected chi connectivity index (χ3v) is 3.74. The summed E-state index contributed by atoms with van der Waals surface area (Å²) in [5.41, 5.74) is -2.61. The Labute approximate surface area is 162 Å². The van der Waals surface area contributed by atoms with Crippen molar-refractivity contribution >= 4 is 17.7 Å². The molecule has 28 heavy (non-hydrogen) atoms. The van der Waals surface area contributed by atoms with Crippen LogP contribution in [0.25, 0.3) is 0 Å². The zero-order valence-electron chi connectivity index (χ0n) is 16.5. The Morgan fingerprint density at radius 1 is 1.21 bits per heavy atom. The molecule has 0 spiro atoms. The molecule has 2 rings (SSSR count). The van der Waals surface area contributed by atoms with Crippen molar-refractivity contribution in [2.75, 3.05) is 0 Å². The van der Waals surface area contributed by atoms with Crippen molar-refractivity contribution in [3.8, 4) is 0 Å². The Morgan fingerprint density at radius 2 is 1.82 bits per heavy atom. The molecule has 0 bridgehead atoms. The van der Waals surface area contributed by atoms with Crippen molar-refractivity contribution < 1.29 is 24.0 Å². The molecule has 1 heterocycles. The van der Waals surface area contributed by atoms with Crippen LogP contribution in [0.3, 0.4) is 0 Å². The first-order valence-electron chi connectivity index (χ1n) is 8.68. The van der Waals surface area contributed by atoms with Crippen molar-refractivity contribution in [1.29, 1.82) is 0 Å². The Kier molecular flexibility index (Phi) is 5.72. The van der Waals surface area contributed by atoms with Gasteiger partial charge in [0.1, 0.15) is 12.2 Å². The minimum absolute atomic E-state index is 0.0653. The molecule has 0 saturated carbocycles. The average Bonchev–Trinajstić information content (AvgIpc) is 2.87. The molecule has 0 fully saturated rings. The van der Waals surface area contributed by atoms with Gasteiger partial charge in [0.2, 0.25) is 0 Å². The van der Waals surface area contributed by atoms with E-state index in [0.29, 0.717) is 5.56 Å². The molecular weight excluding hydrogens is 368 g/mol. The largest absolute Gasteiger partial charge is 0.458 e. The van der Waals surface area contributed by atoms with Crippen molar-refractivity contribution in [2.45, 2.75) is 64.4 Å². The number of carbonyl (C=O) groups is 2. The standard InChI is InChI=1S/C18H24N4O6/c1-16(2,3)28-15(24)19-18(11-17(4,5)20-21-18)14(23)27-10-12-6-8-13(9-7-12)22(25)26/h6-9H,10-11H2,1-5H3,(H,19,24)/t18-/m1/s1. The number of hydrogen-bond donors (Lipinski definition) is 1. The summed E-state index contributed by atoms with van der Waals surface area (Å²) in [5, 5.41) is 21.2. The lowest BCUT2D eigenvalue weighted by Crippen LogP contribution is -2.55. The number of amides is 1. The van der Waals surface area contributed by atoms with Crippen LogP contribution in [0, 0.1) is 10.1 Å². The zero-order valence-corrected chi connectivity index (χ0v) is 16.5. The minimum Gasteiger partial charge on any atom is -0.458 e. The number of benzene rings is 1. The number of nitro benzene ring substituents is 1. The van der Waals surface area contributed by atoms with Crippen LogP contribution in [0.15, 0.2) is 34.5 Å². The Morgan fingerprint density at radius 3 is 2.29 bits per heavy atom. The van der Waals surface area contributed by atoms with Gasteiger partial charge in [-0.25, -0.2) is 9.59 Å². The molecule has 1 amide bonds. The molecule has 152 valence electrons. The van der Waals surface area contributed by atoms with Gasteiger partial charge >= 0.3 is 12.1 Å². The fourth-order valence-corrected chi connectivity index (χ4v) is 2.61. The van der Waals surface area contributed by atoms with E-state index in [1.54, 1.807) is 34.6 Å². The fraction of sp³-hybridized carbons (Fsp3) is 0.556. The summed E-state index contributed by atoms with van der Waals surface area (Å²) < 4.78 is 10.5. The monoisotopic (exact) mass is 392 g/mol. The third-order valence-electron chi connectivity index (χ3n) is 3.74. The van der Waals surface area contributed by atoms with Gasteiger partial charge in [0.15, 0.2) is 0 Å². The summed E-state index contributed by atoms with van der Waals surface area (Å²) in [6.07, 6.45) is -0.699. The van der Waals surface area contributed by atoms with Crippen molar-refractivity contribution in [2.24, 2.45) is 10.2 Å². The van der Waals surface area contributed by atoms with Crippen LogP contribution in [0.5, 0.6) is 0 Å². The number of rotatable bonds is 5. The van der Waals surface area contributed by atoms with E-state index in [-0.39, 0.29) is 18.7 Å².